The van der Waals surface area contributed by atoms with Crippen molar-refractivity contribution >= 4 is 55.7 Å². The summed E-state index contributed by atoms with van der Waals surface area (Å²) >= 11 is 0. The van der Waals surface area contributed by atoms with Crippen LogP contribution >= 0.6 is 32.6 Å². The Morgan fingerprint density at radius 2 is 1.11 bits per heavy atom. The molecule has 0 rings (SSSR count). The Kier molecular flexibility index (Phi) is 44.9. The van der Waals surface area contributed by atoms with Crippen LogP contribution in [0.25, 0.3) is 0 Å². The zero-order chi connectivity index (χ0) is 4.50. The SMILES string of the molecule is Cl.Cl.O=P(O)(O)O.[H-].[H-].[H-].[K+].[Mg+2]. The number of hydrogen-bond acceptors (Lipinski definition) is 1. The van der Waals surface area contributed by atoms with E-state index in [1.165, 1.54) is 0 Å². The van der Waals surface area contributed by atoms with Gasteiger partial charge in [0.2, 0.25) is 0 Å². The summed E-state index contributed by atoms with van der Waals surface area (Å²) in [6.45, 7) is 0. The molecule has 0 atom stereocenters. The average molecular weight is 237 g/mol. The summed E-state index contributed by atoms with van der Waals surface area (Å²) < 4.78 is 8.88. The number of hydrogen-bond donors (Lipinski definition) is 3. The molecule has 0 aliphatic heterocycles. The Bertz CT molecular complexity index is 74.4. The van der Waals surface area contributed by atoms with E-state index in [1.807, 2.05) is 0 Å². The number of phosphoric acid groups is 1. The monoisotopic (exact) mass is 236 g/mol. The van der Waals surface area contributed by atoms with Gasteiger partial charge in [-0.1, -0.05) is 0 Å². The van der Waals surface area contributed by atoms with Gasteiger partial charge in [0.1, 0.15) is 0 Å². The smallest absolute Gasteiger partial charge is 1.00 e. The summed E-state index contributed by atoms with van der Waals surface area (Å²) in [6.07, 6.45) is 0. The summed E-state index contributed by atoms with van der Waals surface area (Å²) in [7, 11) is -4.64. The van der Waals surface area contributed by atoms with E-state index >= 15 is 0 Å². The van der Waals surface area contributed by atoms with Crippen LogP contribution in [0.15, 0.2) is 0 Å². The Labute approximate surface area is 128 Å². The van der Waals surface area contributed by atoms with Gasteiger partial charge in [-0.3, -0.25) is 0 Å². The van der Waals surface area contributed by atoms with E-state index in [2.05, 4.69) is 0 Å². The van der Waals surface area contributed by atoms with Crippen LogP contribution in [0.2, 0.25) is 0 Å². The standard InChI is InChI=1S/2ClH.K.Mg.H3O4P.3H/c;;;;1-5(2,3)4;;;/h2*1H;;;(H3,1,2,3,4);;;/q;;+1;+2;;3*-1. The second kappa shape index (κ2) is 13.7. The maximum atomic E-state index is 8.88. The fourth-order valence-corrected chi connectivity index (χ4v) is 0. The van der Waals surface area contributed by atoms with Crippen molar-refractivity contribution in [3.05, 3.63) is 0 Å². The minimum absolute atomic E-state index is 0. The molecule has 3 N–H and O–H groups in total. The summed E-state index contributed by atoms with van der Waals surface area (Å²) in [5, 5.41) is 0. The molecule has 0 amide bonds. The largest absolute Gasteiger partial charge is 2.00 e. The molecule has 9 heavy (non-hydrogen) atoms. The second-order valence-corrected chi connectivity index (χ2v) is 1.54. The van der Waals surface area contributed by atoms with Gasteiger partial charge in [-0.2, -0.15) is 0 Å². The predicted molar refractivity (Wildman–Crippen MR) is 37.8 cm³/mol. The maximum Gasteiger partial charge on any atom is 2.00 e. The predicted octanol–water partition coefficient (Wildman–Crippen LogP) is -3.12. The van der Waals surface area contributed by atoms with Crippen LogP contribution < -0.4 is 51.4 Å². The maximum absolute atomic E-state index is 8.88. The summed E-state index contributed by atoms with van der Waals surface area (Å²) in [4.78, 5) is 21.6. The topological polar surface area (TPSA) is 77.8 Å². The minimum atomic E-state index is -4.64. The van der Waals surface area contributed by atoms with Gasteiger partial charge in [-0.25, -0.2) is 4.57 Å². The molecule has 0 aromatic rings. The van der Waals surface area contributed by atoms with Crippen molar-refractivity contribution in [2.24, 2.45) is 0 Å². The molecule has 0 unspecified atom stereocenters. The van der Waals surface area contributed by atoms with Gasteiger partial charge in [-0.05, 0) is 0 Å². The molecular weight excluding hydrogens is 229 g/mol. The van der Waals surface area contributed by atoms with Crippen molar-refractivity contribution in [2.75, 3.05) is 0 Å². The van der Waals surface area contributed by atoms with Gasteiger partial charge in [0.15, 0.2) is 0 Å². The van der Waals surface area contributed by atoms with Gasteiger partial charge in [0.05, 0.1) is 0 Å². The molecule has 54 valence electrons. The van der Waals surface area contributed by atoms with Gasteiger partial charge in [-0.15, -0.1) is 24.8 Å². The molecule has 0 aromatic heterocycles. The normalized spacial score (nSPS) is 6.56. The van der Waals surface area contributed by atoms with Crippen molar-refractivity contribution in [3.8, 4) is 0 Å². The molecule has 0 aromatic carbocycles. The summed E-state index contributed by atoms with van der Waals surface area (Å²) in [5.74, 6) is 0. The zero-order valence-corrected chi connectivity index (χ0v) is 11.8. The first-order valence-electron chi connectivity index (χ1n) is 0.783. The molecule has 0 fully saturated rings. The van der Waals surface area contributed by atoms with E-state index in [-0.39, 0.29) is 104 Å². The van der Waals surface area contributed by atoms with Crippen LogP contribution in [0.5, 0.6) is 0 Å². The van der Waals surface area contributed by atoms with E-state index in [9.17, 15) is 0 Å². The van der Waals surface area contributed by atoms with Gasteiger partial charge < -0.3 is 19.0 Å². The Morgan fingerprint density at radius 3 is 1.11 bits per heavy atom. The van der Waals surface area contributed by atoms with Crippen molar-refractivity contribution in [1.29, 1.82) is 0 Å². The van der Waals surface area contributed by atoms with E-state index < -0.39 is 7.82 Å². The summed E-state index contributed by atoms with van der Waals surface area (Å²) in [6, 6.07) is 0. The van der Waals surface area contributed by atoms with Crippen LogP contribution in [-0.2, 0) is 4.57 Å². The molecule has 0 heterocycles. The van der Waals surface area contributed by atoms with Crippen LogP contribution in [0.4, 0.5) is 0 Å². The fourth-order valence-electron chi connectivity index (χ4n) is 0. The van der Waals surface area contributed by atoms with Crippen LogP contribution in [0.1, 0.15) is 4.28 Å². The molecule has 0 radical (unpaired) electrons. The molecule has 0 aliphatic rings. The van der Waals surface area contributed by atoms with Crippen molar-refractivity contribution in [1.82, 2.24) is 0 Å². The van der Waals surface area contributed by atoms with Crippen molar-refractivity contribution in [2.45, 2.75) is 0 Å². The third kappa shape index (κ3) is 95.9. The molecule has 4 nitrogen and oxygen atoms in total. The van der Waals surface area contributed by atoms with Crippen LogP contribution in [-0.4, -0.2) is 37.7 Å². The van der Waals surface area contributed by atoms with E-state index in [0.29, 0.717) is 0 Å². The third-order valence-corrected chi connectivity index (χ3v) is 0. The van der Waals surface area contributed by atoms with Gasteiger partial charge >= 0.3 is 82.3 Å². The molecule has 0 spiro atoms. The van der Waals surface area contributed by atoms with Crippen molar-refractivity contribution < 1.29 is 74.9 Å². The molecular formula is H8Cl2KMgO4P. The fraction of sp³-hybridized carbons (Fsp3) is 0. The molecule has 9 heteroatoms. The van der Waals surface area contributed by atoms with Crippen LogP contribution in [0.3, 0.4) is 0 Å². The molecule has 0 saturated heterocycles. The third-order valence-electron chi connectivity index (χ3n) is 0. The Morgan fingerprint density at radius 1 is 1.11 bits per heavy atom. The van der Waals surface area contributed by atoms with Gasteiger partial charge in [0.25, 0.3) is 0 Å². The first-order chi connectivity index (χ1) is 2.00. The number of halogens is 2. The Balaban J connectivity index is -0.00000000381. The average Bonchev–Trinajstić information content (AvgIpc) is 0.722. The van der Waals surface area contributed by atoms with E-state index in [4.69, 9.17) is 19.2 Å². The molecule has 0 saturated carbocycles. The van der Waals surface area contributed by atoms with E-state index in [0.717, 1.165) is 0 Å². The Hall–Kier alpha value is 3.09. The zero-order valence-electron chi connectivity index (χ0n) is 7.72. The number of rotatable bonds is 0. The summed E-state index contributed by atoms with van der Waals surface area (Å²) in [5.41, 5.74) is 0. The molecule has 0 bridgehead atoms. The van der Waals surface area contributed by atoms with Crippen molar-refractivity contribution in [3.63, 3.8) is 0 Å². The first-order valence-corrected chi connectivity index (χ1v) is 2.35. The van der Waals surface area contributed by atoms with E-state index in [1.54, 1.807) is 0 Å². The minimum Gasteiger partial charge on any atom is -1.00 e. The first kappa shape index (κ1) is 29.6. The quantitative estimate of drug-likeness (QED) is 0.308. The second-order valence-electron chi connectivity index (χ2n) is 0.513. The molecule has 0 aliphatic carbocycles. The van der Waals surface area contributed by atoms with Crippen LogP contribution in [0, 0.1) is 0 Å². The van der Waals surface area contributed by atoms with Gasteiger partial charge in [0, 0.05) is 0 Å².